The van der Waals surface area contributed by atoms with Gasteiger partial charge in [-0.15, -0.1) is 12.4 Å². The monoisotopic (exact) mass is 179 g/mol. The summed E-state index contributed by atoms with van der Waals surface area (Å²) in [5, 5.41) is 11.8. The van der Waals surface area contributed by atoms with Crippen molar-refractivity contribution in [2.24, 2.45) is 5.92 Å². The van der Waals surface area contributed by atoms with Crippen molar-refractivity contribution < 1.29 is 9.90 Å². The Morgan fingerprint density at radius 3 is 2.64 bits per heavy atom. The molecule has 0 aromatic heterocycles. The van der Waals surface area contributed by atoms with Crippen molar-refractivity contribution >= 4 is 18.4 Å². The summed E-state index contributed by atoms with van der Waals surface area (Å²) in [7, 11) is 0. The molecular formula is C7H14ClNO2. The van der Waals surface area contributed by atoms with Crippen LogP contribution in [0.3, 0.4) is 0 Å². The molecule has 0 spiro atoms. The topological polar surface area (TPSA) is 49.3 Å². The number of carboxylic acid groups (broad SMARTS) is 1. The van der Waals surface area contributed by atoms with Gasteiger partial charge in [-0.1, -0.05) is 0 Å². The van der Waals surface area contributed by atoms with Gasteiger partial charge in [-0.25, -0.2) is 0 Å². The van der Waals surface area contributed by atoms with Crippen LogP contribution in [0.15, 0.2) is 0 Å². The maximum atomic E-state index is 10.5. The molecule has 2 N–H and O–H groups in total. The highest BCUT2D eigenvalue weighted by Crippen LogP contribution is 2.15. The number of nitrogens with one attached hydrogen (secondary N) is 1. The Morgan fingerprint density at radius 1 is 1.64 bits per heavy atom. The van der Waals surface area contributed by atoms with Gasteiger partial charge < -0.3 is 10.4 Å². The van der Waals surface area contributed by atoms with Crippen LogP contribution in [0.2, 0.25) is 0 Å². The molecule has 1 heterocycles. The van der Waals surface area contributed by atoms with Gasteiger partial charge in [-0.05, 0) is 26.3 Å². The zero-order chi connectivity index (χ0) is 7.56. The van der Waals surface area contributed by atoms with E-state index in [0.717, 1.165) is 19.4 Å². The first-order chi connectivity index (χ1) is 4.72. The highest BCUT2D eigenvalue weighted by molar-refractivity contribution is 5.85. The number of piperidine rings is 1. The minimum Gasteiger partial charge on any atom is -0.481 e. The second kappa shape index (κ2) is 4.57. The van der Waals surface area contributed by atoms with E-state index in [1.165, 1.54) is 0 Å². The summed E-state index contributed by atoms with van der Waals surface area (Å²) >= 11 is 0. The Hall–Kier alpha value is -0.280. The normalized spacial score (nSPS) is 30.6. The summed E-state index contributed by atoms with van der Waals surface area (Å²) in [6.07, 6.45) is 1.81. The molecule has 4 heteroatoms. The Morgan fingerprint density at radius 2 is 2.27 bits per heavy atom. The van der Waals surface area contributed by atoms with Crippen molar-refractivity contribution in [3.8, 4) is 0 Å². The predicted octanol–water partition coefficient (Wildman–Crippen LogP) is 0.881. The van der Waals surface area contributed by atoms with E-state index >= 15 is 0 Å². The van der Waals surface area contributed by atoms with Crippen LogP contribution in [0.4, 0.5) is 0 Å². The van der Waals surface area contributed by atoms with E-state index in [1.54, 1.807) is 0 Å². The number of carboxylic acids is 1. The van der Waals surface area contributed by atoms with Gasteiger partial charge in [0.05, 0.1) is 5.92 Å². The fraction of sp³-hybridized carbons (Fsp3) is 0.857. The Bertz CT molecular complexity index is 140. The van der Waals surface area contributed by atoms with Crippen LogP contribution in [0.5, 0.6) is 0 Å². The van der Waals surface area contributed by atoms with Crippen LogP contribution < -0.4 is 5.32 Å². The third kappa shape index (κ3) is 2.67. The van der Waals surface area contributed by atoms with Crippen molar-refractivity contribution in [3.05, 3.63) is 0 Å². The van der Waals surface area contributed by atoms with Crippen molar-refractivity contribution in [3.63, 3.8) is 0 Å². The lowest BCUT2D eigenvalue weighted by atomic mass is 9.92. The molecule has 3 nitrogen and oxygen atoms in total. The van der Waals surface area contributed by atoms with E-state index in [2.05, 4.69) is 5.32 Å². The maximum Gasteiger partial charge on any atom is 0.308 e. The maximum absolute atomic E-state index is 10.5. The van der Waals surface area contributed by atoms with Gasteiger partial charge in [0.25, 0.3) is 0 Å². The second-order valence-electron chi connectivity index (χ2n) is 2.83. The molecule has 0 saturated carbocycles. The third-order valence-corrected chi connectivity index (χ3v) is 2.08. The lowest BCUT2D eigenvalue weighted by Gasteiger charge is -2.26. The van der Waals surface area contributed by atoms with Gasteiger partial charge in [-0.2, -0.15) is 0 Å². The van der Waals surface area contributed by atoms with E-state index in [0.29, 0.717) is 0 Å². The number of halogens is 1. The van der Waals surface area contributed by atoms with Crippen LogP contribution in [0.1, 0.15) is 19.8 Å². The van der Waals surface area contributed by atoms with Crippen molar-refractivity contribution in [2.45, 2.75) is 25.8 Å². The molecule has 11 heavy (non-hydrogen) atoms. The van der Waals surface area contributed by atoms with Crippen molar-refractivity contribution in [1.82, 2.24) is 5.32 Å². The minimum absolute atomic E-state index is 0. The number of rotatable bonds is 1. The summed E-state index contributed by atoms with van der Waals surface area (Å²) < 4.78 is 0. The first-order valence-electron chi connectivity index (χ1n) is 3.68. The quantitative estimate of drug-likeness (QED) is 0.629. The molecule has 0 aromatic rings. The highest BCUT2D eigenvalue weighted by Gasteiger charge is 2.26. The van der Waals surface area contributed by atoms with Crippen LogP contribution in [0.25, 0.3) is 0 Å². The molecule has 0 aromatic carbocycles. The lowest BCUT2D eigenvalue weighted by molar-refractivity contribution is -0.143. The molecule has 0 bridgehead atoms. The summed E-state index contributed by atoms with van der Waals surface area (Å²) in [6, 6.07) is 0.145. The van der Waals surface area contributed by atoms with Gasteiger partial charge in [-0.3, -0.25) is 4.79 Å². The van der Waals surface area contributed by atoms with Crippen molar-refractivity contribution in [1.29, 1.82) is 0 Å². The molecule has 1 aliphatic heterocycles. The smallest absolute Gasteiger partial charge is 0.308 e. The van der Waals surface area contributed by atoms with Crippen LogP contribution in [-0.4, -0.2) is 23.7 Å². The van der Waals surface area contributed by atoms with Crippen LogP contribution in [0, 0.1) is 5.92 Å². The summed E-state index contributed by atoms with van der Waals surface area (Å²) in [4.78, 5) is 10.5. The summed E-state index contributed by atoms with van der Waals surface area (Å²) in [5.74, 6) is -0.839. The fourth-order valence-electron chi connectivity index (χ4n) is 1.38. The largest absolute Gasteiger partial charge is 0.481 e. The average Bonchev–Trinajstić information content (AvgIpc) is 1.88. The van der Waals surface area contributed by atoms with Gasteiger partial charge in [0, 0.05) is 6.04 Å². The molecule has 1 rings (SSSR count). The predicted molar refractivity (Wildman–Crippen MR) is 45.1 cm³/mol. The zero-order valence-corrected chi connectivity index (χ0v) is 7.36. The zero-order valence-electron chi connectivity index (χ0n) is 6.54. The number of hydrogen-bond donors (Lipinski definition) is 2. The number of aliphatic carboxylic acids is 1. The molecular weight excluding hydrogens is 166 g/mol. The highest BCUT2D eigenvalue weighted by atomic mass is 35.5. The van der Waals surface area contributed by atoms with Crippen LogP contribution in [-0.2, 0) is 4.79 Å². The SMILES string of the molecule is CC1NCCCC1C(=O)O.Cl. The summed E-state index contributed by atoms with van der Waals surface area (Å²) in [6.45, 7) is 2.89. The number of hydrogen-bond acceptors (Lipinski definition) is 2. The third-order valence-electron chi connectivity index (χ3n) is 2.08. The summed E-state index contributed by atoms with van der Waals surface area (Å²) in [5.41, 5.74) is 0. The van der Waals surface area contributed by atoms with E-state index in [-0.39, 0.29) is 24.4 Å². The first kappa shape index (κ1) is 10.7. The molecule has 0 radical (unpaired) electrons. The van der Waals surface area contributed by atoms with Gasteiger partial charge in [0.2, 0.25) is 0 Å². The molecule has 2 atom stereocenters. The Kier molecular flexibility index (Phi) is 4.45. The minimum atomic E-state index is -0.667. The molecule has 1 aliphatic rings. The average molecular weight is 180 g/mol. The fourth-order valence-corrected chi connectivity index (χ4v) is 1.38. The van der Waals surface area contributed by atoms with Crippen LogP contribution >= 0.6 is 12.4 Å². The van der Waals surface area contributed by atoms with E-state index in [4.69, 9.17) is 5.11 Å². The van der Waals surface area contributed by atoms with Gasteiger partial charge >= 0.3 is 5.97 Å². The van der Waals surface area contributed by atoms with E-state index in [9.17, 15) is 4.79 Å². The first-order valence-corrected chi connectivity index (χ1v) is 3.68. The van der Waals surface area contributed by atoms with E-state index in [1.807, 2.05) is 6.92 Å². The molecule has 0 amide bonds. The standard InChI is InChI=1S/C7H13NO2.ClH/c1-5-6(7(9)10)3-2-4-8-5;/h5-6,8H,2-4H2,1H3,(H,9,10);1H. The molecule has 66 valence electrons. The Balaban J connectivity index is 0.000001000. The van der Waals surface area contributed by atoms with Crippen molar-refractivity contribution in [2.75, 3.05) is 6.54 Å². The molecule has 2 unspecified atom stereocenters. The van der Waals surface area contributed by atoms with Gasteiger partial charge in [0.15, 0.2) is 0 Å². The lowest BCUT2D eigenvalue weighted by Crippen LogP contribution is -2.42. The molecule has 1 fully saturated rings. The number of carbonyl (C=O) groups is 1. The van der Waals surface area contributed by atoms with Gasteiger partial charge in [0.1, 0.15) is 0 Å². The van der Waals surface area contributed by atoms with E-state index < -0.39 is 5.97 Å². The molecule has 1 saturated heterocycles. The second-order valence-corrected chi connectivity index (χ2v) is 2.83. The molecule has 0 aliphatic carbocycles. The Labute approximate surface area is 72.6 Å².